The zero-order valence-electron chi connectivity index (χ0n) is 17.0. The summed E-state index contributed by atoms with van der Waals surface area (Å²) in [5, 5.41) is 13.3. The van der Waals surface area contributed by atoms with Gasteiger partial charge >= 0.3 is 0 Å². The second-order valence-corrected chi connectivity index (χ2v) is 7.19. The molecule has 3 aromatic rings. The zero-order chi connectivity index (χ0) is 21.8. The van der Waals surface area contributed by atoms with E-state index in [4.69, 9.17) is 4.74 Å². The molecule has 0 radical (unpaired) electrons. The molecule has 158 valence electrons. The number of ketones is 1. The van der Waals surface area contributed by atoms with Crippen molar-refractivity contribution in [3.8, 4) is 5.75 Å². The number of pyridine rings is 1. The Kier molecular flexibility index (Phi) is 5.79. The fraction of sp³-hybridized carbons (Fsp3) is 0.217. The lowest BCUT2D eigenvalue weighted by atomic mass is 9.96. The van der Waals surface area contributed by atoms with Crippen molar-refractivity contribution in [3.63, 3.8) is 0 Å². The quantitative estimate of drug-likeness (QED) is 0.267. The third-order valence-corrected chi connectivity index (χ3v) is 5.28. The molecule has 1 amide bonds. The van der Waals surface area contributed by atoms with Gasteiger partial charge in [0.15, 0.2) is 0 Å². The number of benzene rings is 1. The average Bonchev–Trinajstić information content (AvgIpc) is 3.41. The number of ether oxygens (including phenoxy) is 1. The van der Waals surface area contributed by atoms with Crippen LogP contribution in [-0.2, 0) is 16.1 Å². The Hall–Kier alpha value is -3.94. The number of aryl methyl sites for hydroxylation is 1. The summed E-state index contributed by atoms with van der Waals surface area (Å²) in [6.07, 6.45) is 9.33. The number of Topliss-reactive ketones (excluding diaryl/α,β-unsaturated/α-hetero) is 1. The Balaban J connectivity index is 1.72. The SMILES string of the molecule is COc1cccc(/C([O-])=C2\C(=O)C(=O)N(CCC[n+]3cc[nH]c3)C2c2cccnc2)c1. The van der Waals surface area contributed by atoms with Gasteiger partial charge < -0.3 is 14.7 Å². The number of methoxy groups -OCH3 is 1. The Morgan fingerprint density at radius 3 is 2.87 bits per heavy atom. The van der Waals surface area contributed by atoms with Gasteiger partial charge in [0.1, 0.15) is 18.1 Å². The maximum Gasteiger partial charge on any atom is 0.295 e. The predicted molar refractivity (Wildman–Crippen MR) is 109 cm³/mol. The zero-order valence-corrected chi connectivity index (χ0v) is 17.0. The van der Waals surface area contributed by atoms with Gasteiger partial charge in [0.05, 0.1) is 19.7 Å². The summed E-state index contributed by atoms with van der Waals surface area (Å²) < 4.78 is 7.15. The molecule has 1 N–H and O–H groups in total. The van der Waals surface area contributed by atoms with Gasteiger partial charge in [-0.15, -0.1) is 0 Å². The number of likely N-dealkylation sites (tertiary alicyclic amines) is 1. The third-order valence-electron chi connectivity index (χ3n) is 5.28. The molecule has 3 heterocycles. The monoisotopic (exact) mass is 418 g/mol. The van der Waals surface area contributed by atoms with Crippen molar-refractivity contribution in [2.75, 3.05) is 13.7 Å². The van der Waals surface area contributed by atoms with Crippen LogP contribution in [-0.4, -0.2) is 40.2 Å². The van der Waals surface area contributed by atoms with Gasteiger partial charge in [0, 0.05) is 30.9 Å². The summed E-state index contributed by atoms with van der Waals surface area (Å²) in [5.74, 6) is -1.41. The molecule has 8 nitrogen and oxygen atoms in total. The number of H-pyrrole nitrogens is 1. The normalized spacial score (nSPS) is 17.8. The maximum absolute atomic E-state index is 13.3. The molecule has 1 atom stereocenters. The molecule has 2 aromatic heterocycles. The highest BCUT2D eigenvalue weighted by Gasteiger charge is 2.44. The maximum atomic E-state index is 13.3. The van der Waals surface area contributed by atoms with E-state index in [1.807, 2.05) is 23.3 Å². The van der Waals surface area contributed by atoms with Crippen molar-refractivity contribution in [2.45, 2.75) is 19.0 Å². The number of hydrogen-bond acceptors (Lipinski definition) is 5. The van der Waals surface area contributed by atoms with Gasteiger partial charge in [0.25, 0.3) is 5.91 Å². The summed E-state index contributed by atoms with van der Waals surface area (Å²) in [6.45, 7) is 0.998. The molecule has 31 heavy (non-hydrogen) atoms. The molecule has 0 bridgehead atoms. The van der Waals surface area contributed by atoms with E-state index in [9.17, 15) is 14.7 Å². The van der Waals surface area contributed by atoms with E-state index in [-0.39, 0.29) is 5.57 Å². The number of aromatic nitrogens is 3. The van der Waals surface area contributed by atoms with Crippen molar-refractivity contribution in [3.05, 3.63) is 84.2 Å². The highest BCUT2D eigenvalue weighted by molar-refractivity contribution is 6.46. The van der Waals surface area contributed by atoms with Crippen molar-refractivity contribution in [1.82, 2.24) is 14.9 Å². The molecule has 0 aliphatic carbocycles. The molecule has 8 heteroatoms. The summed E-state index contributed by atoms with van der Waals surface area (Å²) in [6, 6.07) is 9.30. The molecule has 1 saturated heterocycles. The molecular formula is C23H22N4O4. The van der Waals surface area contributed by atoms with E-state index in [2.05, 4.69) is 9.97 Å². The first-order valence-corrected chi connectivity index (χ1v) is 9.93. The standard InChI is InChI=1S/C23H22N4O4/c1-31-18-7-2-5-16(13-18)21(28)19-20(17-6-3-8-24-14-17)27(23(30)22(19)29)11-4-10-26-12-9-25-15-26/h2-3,5-9,12-15,20H,4,10-11H2,1H3,(H,28,29). The van der Waals surface area contributed by atoms with Gasteiger partial charge in [-0.25, -0.2) is 4.57 Å². The smallest absolute Gasteiger partial charge is 0.295 e. The van der Waals surface area contributed by atoms with E-state index >= 15 is 0 Å². The summed E-state index contributed by atoms with van der Waals surface area (Å²) in [7, 11) is 1.50. The minimum Gasteiger partial charge on any atom is -0.872 e. The van der Waals surface area contributed by atoms with E-state index in [1.165, 1.54) is 12.0 Å². The summed E-state index contributed by atoms with van der Waals surface area (Å²) in [5.41, 5.74) is 0.872. The summed E-state index contributed by atoms with van der Waals surface area (Å²) in [4.78, 5) is 34.4. The van der Waals surface area contributed by atoms with Crippen LogP contribution < -0.4 is 14.4 Å². The minimum atomic E-state index is -0.774. The van der Waals surface area contributed by atoms with Crippen LogP contribution >= 0.6 is 0 Å². The topological polar surface area (TPSA) is 102 Å². The van der Waals surface area contributed by atoms with Gasteiger partial charge in [-0.05, 0) is 29.3 Å². The molecule has 0 saturated carbocycles. The lowest BCUT2D eigenvalue weighted by Gasteiger charge is -2.27. The number of carbonyl (C=O) groups excluding carboxylic acids is 2. The van der Waals surface area contributed by atoms with Gasteiger partial charge in [-0.2, -0.15) is 0 Å². The van der Waals surface area contributed by atoms with Crippen LogP contribution in [0.25, 0.3) is 5.76 Å². The molecule has 0 spiro atoms. The van der Waals surface area contributed by atoms with E-state index in [0.29, 0.717) is 36.4 Å². The van der Waals surface area contributed by atoms with Crippen molar-refractivity contribution in [1.29, 1.82) is 0 Å². The predicted octanol–water partition coefficient (Wildman–Crippen LogP) is 1.02. The van der Waals surface area contributed by atoms with Crippen molar-refractivity contribution >= 4 is 17.4 Å². The van der Waals surface area contributed by atoms with E-state index in [1.54, 1.807) is 48.8 Å². The van der Waals surface area contributed by atoms with Crippen molar-refractivity contribution in [2.24, 2.45) is 0 Å². The largest absolute Gasteiger partial charge is 0.872 e. The highest BCUT2D eigenvalue weighted by atomic mass is 16.5. The van der Waals surface area contributed by atoms with E-state index < -0.39 is 23.5 Å². The van der Waals surface area contributed by atoms with Crippen LogP contribution in [0, 0.1) is 0 Å². The number of nitrogens with zero attached hydrogens (tertiary/aromatic N) is 3. The fourth-order valence-electron chi connectivity index (χ4n) is 3.79. The number of nitrogens with one attached hydrogen (secondary N) is 1. The second-order valence-electron chi connectivity index (χ2n) is 7.19. The van der Waals surface area contributed by atoms with Gasteiger partial charge in [-0.3, -0.25) is 19.6 Å². The molecule has 1 aromatic carbocycles. The number of carbonyl (C=O) groups is 2. The Morgan fingerprint density at radius 1 is 1.29 bits per heavy atom. The first-order chi connectivity index (χ1) is 15.1. The van der Waals surface area contributed by atoms with Crippen LogP contribution in [0.15, 0.2) is 73.1 Å². The molecule has 1 unspecified atom stereocenters. The van der Waals surface area contributed by atoms with Crippen LogP contribution in [0.3, 0.4) is 0 Å². The lowest BCUT2D eigenvalue weighted by molar-refractivity contribution is -0.695. The van der Waals surface area contributed by atoms with Crippen LogP contribution in [0.2, 0.25) is 0 Å². The van der Waals surface area contributed by atoms with Crippen LogP contribution in [0.5, 0.6) is 5.75 Å². The highest BCUT2D eigenvalue weighted by Crippen LogP contribution is 2.38. The Morgan fingerprint density at radius 2 is 2.16 bits per heavy atom. The van der Waals surface area contributed by atoms with Gasteiger partial charge in [-0.1, -0.05) is 24.0 Å². The average molecular weight is 418 g/mol. The van der Waals surface area contributed by atoms with Crippen LogP contribution in [0.4, 0.5) is 0 Å². The Bertz CT molecular complexity index is 1110. The second kappa shape index (κ2) is 8.83. The van der Waals surface area contributed by atoms with E-state index in [0.717, 1.165) is 0 Å². The molecule has 4 rings (SSSR count). The molecule has 1 aliphatic heterocycles. The lowest BCUT2D eigenvalue weighted by Crippen LogP contribution is -2.36. The van der Waals surface area contributed by atoms with Crippen molar-refractivity contribution < 1.29 is 24.0 Å². The number of imidazole rings is 1. The number of amides is 1. The minimum absolute atomic E-state index is 0.0550. The van der Waals surface area contributed by atoms with Crippen LogP contribution in [0.1, 0.15) is 23.6 Å². The first kappa shape index (κ1) is 20.3. The van der Waals surface area contributed by atoms with Gasteiger partial charge in [0.2, 0.25) is 12.1 Å². The number of aromatic amines is 1. The molecular weight excluding hydrogens is 396 g/mol. The summed E-state index contributed by atoms with van der Waals surface area (Å²) >= 11 is 0. The first-order valence-electron chi connectivity index (χ1n) is 9.93. The fourth-order valence-corrected chi connectivity index (χ4v) is 3.79. The third kappa shape index (κ3) is 4.05. The number of hydrogen-bond donors (Lipinski definition) is 1. The molecule has 1 aliphatic rings. The Labute approximate surface area is 179 Å². The molecule has 1 fully saturated rings. The number of rotatable bonds is 7.